The van der Waals surface area contributed by atoms with Gasteiger partial charge in [0.25, 0.3) is 0 Å². The van der Waals surface area contributed by atoms with Gasteiger partial charge in [0.1, 0.15) is 12.4 Å². The van der Waals surface area contributed by atoms with E-state index in [1.54, 1.807) is 0 Å². The van der Waals surface area contributed by atoms with Crippen LogP contribution in [0.1, 0.15) is 39.0 Å². The van der Waals surface area contributed by atoms with Gasteiger partial charge in [-0.25, -0.2) is 0 Å². The predicted octanol–water partition coefficient (Wildman–Crippen LogP) is 3.84. The van der Waals surface area contributed by atoms with Gasteiger partial charge in [0.05, 0.1) is 6.54 Å². The maximum absolute atomic E-state index is 5.70. The van der Waals surface area contributed by atoms with E-state index < -0.39 is 0 Å². The summed E-state index contributed by atoms with van der Waals surface area (Å²) in [4.78, 5) is 4.33. The summed E-state index contributed by atoms with van der Waals surface area (Å²) in [5.41, 5.74) is 0.354. The van der Waals surface area contributed by atoms with Gasteiger partial charge in [0.2, 0.25) is 0 Å². The van der Waals surface area contributed by atoms with Crippen molar-refractivity contribution < 1.29 is 9.47 Å². The number of hydrogen-bond acceptors (Lipinski definition) is 3. The lowest BCUT2D eigenvalue weighted by atomic mass is 9.83. The molecular weight excluding hydrogens is 441 g/mol. The van der Waals surface area contributed by atoms with E-state index in [4.69, 9.17) is 9.47 Å². The van der Waals surface area contributed by atoms with Crippen LogP contribution >= 0.6 is 24.0 Å². The Morgan fingerprint density at radius 3 is 2.50 bits per heavy atom. The highest BCUT2D eigenvalue weighted by atomic mass is 127. The number of ether oxygens (including phenoxy) is 2. The molecule has 2 N–H and O–H groups in total. The summed E-state index contributed by atoms with van der Waals surface area (Å²) in [6.07, 6.45) is 6.33. The summed E-state index contributed by atoms with van der Waals surface area (Å²) in [6, 6.07) is 9.88. The van der Waals surface area contributed by atoms with E-state index in [0.717, 1.165) is 44.4 Å². The zero-order valence-corrected chi connectivity index (χ0v) is 18.5. The first-order valence-electron chi connectivity index (χ1n) is 9.48. The Morgan fingerprint density at radius 2 is 1.85 bits per heavy atom. The molecule has 1 aromatic carbocycles. The highest BCUT2D eigenvalue weighted by Crippen LogP contribution is 2.40. The van der Waals surface area contributed by atoms with Crippen LogP contribution in [0.5, 0.6) is 5.75 Å². The predicted molar refractivity (Wildman–Crippen MR) is 119 cm³/mol. The van der Waals surface area contributed by atoms with E-state index in [-0.39, 0.29) is 24.0 Å². The molecule has 1 aliphatic rings. The maximum atomic E-state index is 5.70. The SMILES string of the molecule is CCOCCC1(CNC(=NC)NCCOc2ccccc2)CCCC1.I. The van der Waals surface area contributed by atoms with Crippen LogP contribution < -0.4 is 15.4 Å². The Hall–Kier alpha value is -1.02. The van der Waals surface area contributed by atoms with Crippen LogP contribution in [0.25, 0.3) is 0 Å². The lowest BCUT2D eigenvalue weighted by Crippen LogP contribution is -2.44. The van der Waals surface area contributed by atoms with Crippen LogP contribution in [0.2, 0.25) is 0 Å². The summed E-state index contributed by atoms with van der Waals surface area (Å²) in [5, 5.41) is 6.84. The molecule has 5 nitrogen and oxygen atoms in total. The van der Waals surface area contributed by atoms with Crippen molar-refractivity contribution in [3.8, 4) is 5.75 Å². The van der Waals surface area contributed by atoms with Gasteiger partial charge in [-0.1, -0.05) is 31.0 Å². The molecule has 1 aliphatic carbocycles. The second-order valence-corrected chi connectivity index (χ2v) is 6.67. The molecule has 0 atom stereocenters. The lowest BCUT2D eigenvalue weighted by Gasteiger charge is -2.30. The standard InChI is InChI=1S/C20H33N3O2.HI/c1-3-24-15-13-20(11-7-8-12-20)17-23-19(21-2)22-14-16-25-18-9-5-4-6-10-18;/h4-6,9-10H,3,7-8,11-17H2,1-2H3,(H2,21,22,23);1H. The molecule has 6 heteroatoms. The second-order valence-electron chi connectivity index (χ2n) is 6.67. The quantitative estimate of drug-likeness (QED) is 0.234. The minimum Gasteiger partial charge on any atom is -0.492 e. The van der Waals surface area contributed by atoms with Crippen LogP contribution in [-0.2, 0) is 4.74 Å². The molecule has 148 valence electrons. The molecule has 1 saturated carbocycles. The maximum Gasteiger partial charge on any atom is 0.191 e. The molecule has 1 aromatic rings. The van der Waals surface area contributed by atoms with Crippen molar-refractivity contribution in [3.63, 3.8) is 0 Å². The average Bonchev–Trinajstić information content (AvgIpc) is 3.11. The molecule has 2 rings (SSSR count). The zero-order chi connectivity index (χ0) is 17.8. The monoisotopic (exact) mass is 475 g/mol. The summed E-state index contributed by atoms with van der Waals surface area (Å²) >= 11 is 0. The van der Waals surface area contributed by atoms with Crippen LogP contribution in [0, 0.1) is 5.41 Å². The normalized spacial score (nSPS) is 16.0. The number of nitrogens with one attached hydrogen (secondary N) is 2. The van der Waals surface area contributed by atoms with Crippen molar-refractivity contribution in [3.05, 3.63) is 30.3 Å². The summed E-state index contributed by atoms with van der Waals surface area (Å²) in [5.74, 6) is 1.74. The van der Waals surface area contributed by atoms with Gasteiger partial charge in [-0.05, 0) is 43.7 Å². The third kappa shape index (κ3) is 8.12. The first-order chi connectivity index (χ1) is 12.3. The molecule has 0 saturated heterocycles. The van der Waals surface area contributed by atoms with E-state index >= 15 is 0 Å². The molecular formula is C20H34IN3O2. The third-order valence-electron chi connectivity index (χ3n) is 4.91. The molecule has 0 aliphatic heterocycles. The van der Waals surface area contributed by atoms with E-state index in [0.29, 0.717) is 12.0 Å². The number of hydrogen-bond donors (Lipinski definition) is 2. The van der Waals surface area contributed by atoms with Crippen molar-refractivity contribution in [2.45, 2.75) is 39.0 Å². The fourth-order valence-corrected chi connectivity index (χ4v) is 3.42. The number of para-hydroxylation sites is 1. The van der Waals surface area contributed by atoms with Crippen LogP contribution in [0.4, 0.5) is 0 Å². The van der Waals surface area contributed by atoms with Crippen molar-refractivity contribution in [2.24, 2.45) is 10.4 Å². The molecule has 0 spiro atoms. The molecule has 26 heavy (non-hydrogen) atoms. The third-order valence-corrected chi connectivity index (χ3v) is 4.91. The van der Waals surface area contributed by atoms with E-state index in [1.807, 2.05) is 37.4 Å². The van der Waals surface area contributed by atoms with Crippen LogP contribution in [0.15, 0.2) is 35.3 Å². The molecule has 0 unspecified atom stereocenters. The average molecular weight is 475 g/mol. The van der Waals surface area contributed by atoms with Gasteiger partial charge in [-0.15, -0.1) is 24.0 Å². The number of guanidine groups is 1. The number of halogens is 1. The topological polar surface area (TPSA) is 54.9 Å². The highest BCUT2D eigenvalue weighted by molar-refractivity contribution is 14.0. The first kappa shape index (κ1) is 23.0. The Kier molecular flexibility index (Phi) is 11.7. The minimum absolute atomic E-state index is 0. The number of nitrogens with zero attached hydrogens (tertiary/aromatic N) is 1. The fraction of sp³-hybridized carbons (Fsp3) is 0.650. The van der Waals surface area contributed by atoms with Crippen LogP contribution in [0.3, 0.4) is 0 Å². The molecule has 0 radical (unpaired) electrons. The smallest absolute Gasteiger partial charge is 0.191 e. The Labute approximate surface area is 175 Å². The molecule has 0 aromatic heterocycles. The van der Waals surface area contributed by atoms with Gasteiger partial charge < -0.3 is 20.1 Å². The summed E-state index contributed by atoms with van der Waals surface area (Å²) in [6.45, 7) is 6.01. The summed E-state index contributed by atoms with van der Waals surface area (Å²) < 4.78 is 11.3. The zero-order valence-electron chi connectivity index (χ0n) is 16.1. The van der Waals surface area contributed by atoms with E-state index in [9.17, 15) is 0 Å². The molecule has 0 heterocycles. The van der Waals surface area contributed by atoms with Crippen molar-refractivity contribution in [2.75, 3.05) is 40.0 Å². The van der Waals surface area contributed by atoms with Gasteiger partial charge in [0.15, 0.2) is 5.96 Å². The van der Waals surface area contributed by atoms with Gasteiger partial charge >= 0.3 is 0 Å². The van der Waals surface area contributed by atoms with Gasteiger partial charge in [-0.2, -0.15) is 0 Å². The van der Waals surface area contributed by atoms with Crippen molar-refractivity contribution in [1.82, 2.24) is 10.6 Å². The molecule has 0 bridgehead atoms. The van der Waals surface area contributed by atoms with Crippen LogP contribution in [-0.4, -0.2) is 45.9 Å². The minimum atomic E-state index is 0. The van der Waals surface area contributed by atoms with Crippen molar-refractivity contribution in [1.29, 1.82) is 0 Å². The van der Waals surface area contributed by atoms with E-state index in [2.05, 4.69) is 22.5 Å². The van der Waals surface area contributed by atoms with Crippen molar-refractivity contribution >= 4 is 29.9 Å². The molecule has 1 fully saturated rings. The summed E-state index contributed by atoms with van der Waals surface area (Å²) in [7, 11) is 1.81. The Bertz CT molecular complexity index is 505. The van der Waals surface area contributed by atoms with Gasteiger partial charge in [-0.3, -0.25) is 4.99 Å². The lowest BCUT2D eigenvalue weighted by molar-refractivity contribution is 0.105. The number of aliphatic imine (C=N–C) groups is 1. The van der Waals surface area contributed by atoms with Gasteiger partial charge in [0, 0.05) is 26.8 Å². The Morgan fingerprint density at radius 1 is 1.12 bits per heavy atom. The molecule has 0 amide bonds. The number of rotatable bonds is 10. The Balaban J connectivity index is 0.00000338. The largest absolute Gasteiger partial charge is 0.492 e. The second kappa shape index (κ2) is 13.2. The first-order valence-corrected chi connectivity index (χ1v) is 9.48. The fourth-order valence-electron chi connectivity index (χ4n) is 3.42. The highest BCUT2D eigenvalue weighted by Gasteiger charge is 2.33. The number of benzene rings is 1. The van der Waals surface area contributed by atoms with E-state index in [1.165, 1.54) is 25.7 Å².